The molecule has 112 valence electrons. The molecular weight excluding hydrogens is 329 g/mol. The molecule has 0 amide bonds. The van der Waals surface area contributed by atoms with Crippen molar-refractivity contribution >= 4 is 15.9 Å². The van der Waals surface area contributed by atoms with Crippen molar-refractivity contribution in [3.8, 4) is 0 Å². The lowest BCUT2D eigenvalue weighted by molar-refractivity contribution is 0.554. The lowest BCUT2D eigenvalue weighted by atomic mass is 9.92. The van der Waals surface area contributed by atoms with Crippen molar-refractivity contribution in [2.75, 3.05) is 6.54 Å². The van der Waals surface area contributed by atoms with Gasteiger partial charge in [-0.15, -0.1) is 0 Å². The molecule has 0 aliphatic carbocycles. The Balaban J connectivity index is 2.62. The highest BCUT2D eigenvalue weighted by Gasteiger charge is 2.22. The standard InChI is InChI=1S/C18H21BrFN/c1-5-21-18(14-8-6-7-12(3)17(14)19)16-13(4)9-11(2)10-15(16)20/h6-10,18,21H,5H2,1-4H3. The lowest BCUT2D eigenvalue weighted by Crippen LogP contribution is -2.24. The van der Waals surface area contributed by atoms with Crippen molar-refractivity contribution in [2.45, 2.75) is 33.7 Å². The maximum atomic E-state index is 14.5. The van der Waals surface area contributed by atoms with E-state index in [9.17, 15) is 4.39 Å². The van der Waals surface area contributed by atoms with Gasteiger partial charge >= 0.3 is 0 Å². The van der Waals surface area contributed by atoms with Gasteiger partial charge in [-0.05, 0) is 55.6 Å². The van der Waals surface area contributed by atoms with Crippen LogP contribution in [0.3, 0.4) is 0 Å². The van der Waals surface area contributed by atoms with E-state index >= 15 is 0 Å². The summed E-state index contributed by atoms with van der Waals surface area (Å²) in [5.74, 6) is -0.146. The third kappa shape index (κ3) is 3.35. The maximum absolute atomic E-state index is 14.5. The van der Waals surface area contributed by atoms with Gasteiger partial charge in [-0.25, -0.2) is 4.39 Å². The highest BCUT2D eigenvalue weighted by atomic mass is 79.9. The zero-order valence-electron chi connectivity index (χ0n) is 12.9. The van der Waals surface area contributed by atoms with Crippen molar-refractivity contribution in [2.24, 2.45) is 0 Å². The van der Waals surface area contributed by atoms with Crippen LogP contribution >= 0.6 is 15.9 Å². The topological polar surface area (TPSA) is 12.0 Å². The number of aryl methyl sites for hydroxylation is 3. The molecule has 3 heteroatoms. The van der Waals surface area contributed by atoms with E-state index in [4.69, 9.17) is 0 Å². The Morgan fingerprint density at radius 3 is 2.48 bits per heavy atom. The van der Waals surface area contributed by atoms with Gasteiger partial charge in [0.2, 0.25) is 0 Å². The second-order valence-electron chi connectivity index (χ2n) is 5.45. The normalized spacial score (nSPS) is 12.5. The maximum Gasteiger partial charge on any atom is 0.128 e. The van der Waals surface area contributed by atoms with E-state index in [1.165, 1.54) is 0 Å². The molecule has 0 saturated heterocycles. The third-order valence-electron chi connectivity index (χ3n) is 3.71. The molecule has 2 aromatic carbocycles. The molecule has 0 spiro atoms. The van der Waals surface area contributed by atoms with Gasteiger partial charge in [0.05, 0.1) is 6.04 Å². The first-order chi connectivity index (χ1) is 9.95. The smallest absolute Gasteiger partial charge is 0.128 e. The van der Waals surface area contributed by atoms with Crippen LogP contribution in [0.4, 0.5) is 4.39 Å². The predicted octanol–water partition coefficient (Wildman–Crippen LogP) is 5.21. The fourth-order valence-corrected chi connectivity index (χ4v) is 3.25. The van der Waals surface area contributed by atoms with Crippen LogP contribution in [0.25, 0.3) is 0 Å². The summed E-state index contributed by atoms with van der Waals surface area (Å²) in [4.78, 5) is 0. The molecule has 0 aromatic heterocycles. The van der Waals surface area contributed by atoms with Crippen LogP contribution < -0.4 is 5.32 Å². The fourth-order valence-electron chi connectivity index (χ4n) is 2.76. The van der Waals surface area contributed by atoms with Crippen LogP contribution in [0, 0.1) is 26.6 Å². The Labute approximate surface area is 134 Å². The highest BCUT2D eigenvalue weighted by molar-refractivity contribution is 9.10. The van der Waals surface area contributed by atoms with Crippen LogP contribution in [0.2, 0.25) is 0 Å². The van der Waals surface area contributed by atoms with Crippen LogP contribution in [-0.4, -0.2) is 6.54 Å². The first-order valence-electron chi connectivity index (χ1n) is 7.20. The number of benzene rings is 2. The van der Waals surface area contributed by atoms with Crippen molar-refractivity contribution in [1.29, 1.82) is 0 Å². The molecule has 1 N–H and O–H groups in total. The summed E-state index contributed by atoms with van der Waals surface area (Å²) in [6.07, 6.45) is 0. The minimum Gasteiger partial charge on any atom is -0.306 e. The number of hydrogen-bond acceptors (Lipinski definition) is 1. The van der Waals surface area contributed by atoms with Gasteiger partial charge in [-0.1, -0.05) is 47.1 Å². The number of halogens is 2. The molecule has 0 heterocycles. The molecule has 2 rings (SSSR count). The Bertz CT molecular complexity index is 629. The Morgan fingerprint density at radius 1 is 1.14 bits per heavy atom. The zero-order chi connectivity index (χ0) is 15.6. The van der Waals surface area contributed by atoms with E-state index in [0.29, 0.717) is 0 Å². The van der Waals surface area contributed by atoms with Crippen LogP contribution in [-0.2, 0) is 0 Å². The minimum absolute atomic E-state index is 0.146. The summed E-state index contributed by atoms with van der Waals surface area (Å²) in [5, 5.41) is 3.41. The van der Waals surface area contributed by atoms with Gasteiger partial charge in [-0.3, -0.25) is 0 Å². The highest BCUT2D eigenvalue weighted by Crippen LogP contribution is 2.34. The zero-order valence-corrected chi connectivity index (χ0v) is 14.5. The van der Waals surface area contributed by atoms with E-state index in [0.717, 1.165) is 38.8 Å². The quantitative estimate of drug-likeness (QED) is 0.798. The van der Waals surface area contributed by atoms with Crippen molar-refractivity contribution in [3.63, 3.8) is 0 Å². The first kappa shape index (κ1) is 16.2. The monoisotopic (exact) mass is 349 g/mol. The van der Waals surface area contributed by atoms with Gasteiger partial charge in [0.1, 0.15) is 5.82 Å². The van der Waals surface area contributed by atoms with E-state index in [1.807, 2.05) is 39.0 Å². The van der Waals surface area contributed by atoms with Gasteiger partial charge in [0, 0.05) is 10.0 Å². The van der Waals surface area contributed by atoms with Gasteiger partial charge in [-0.2, -0.15) is 0 Å². The van der Waals surface area contributed by atoms with Crippen molar-refractivity contribution in [3.05, 3.63) is 68.4 Å². The molecule has 0 bridgehead atoms. The third-order valence-corrected chi connectivity index (χ3v) is 4.79. The van der Waals surface area contributed by atoms with Gasteiger partial charge in [0.25, 0.3) is 0 Å². The Hall–Kier alpha value is -1.19. The average molecular weight is 350 g/mol. The molecule has 0 aliphatic heterocycles. The molecule has 0 radical (unpaired) electrons. The molecule has 21 heavy (non-hydrogen) atoms. The van der Waals surface area contributed by atoms with Crippen LogP contribution in [0.5, 0.6) is 0 Å². The predicted molar refractivity (Wildman–Crippen MR) is 90.3 cm³/mol. The Kier molecular flexibility index (Phi) is 5.17. The van der Waals surface area contributed by atoms with Crippen molar-refractivity contribution in [1.82, 2.24) is 5.32 Å². The molecule has 0 aliphatic rings. The molecule has 1 nitrogen and oxygen atoms in total. The van der Waals surface area contributed by atoms with Gasteiger partial charge < -0.3 is 5.32 Å². The molecule has 0 saturated carbocycles. The average Bonchev–Trinajstić information content (AvgIpc) is 2.40. The molecule has 2 aromatic rings. The molecule has 0 fully saturated rings. The summed E-state index contributed by atoms with van der Waals surface area (Å²) < 4.78 is 15.6. The largest absolute Gasteiger partial charge is 0.306 e. The summed E-state index contributed by atoms with van der Waals surface area (Å²) >= 11 is 3.65. The summed E-state index contributed by atoms with van der Waals surface area (Å²) in [6, 6.07) is 9.60. The second-order valence-corrected chi connectivity index (χ2v) is 6.24. The number of nitrogens with one attached hydrogen (secondary N) is 1. The molecule has 1 unspecified atom stereocenters. The lowest BCUT2D eigenvalue weighted by Gasteiger charge is -2.23. The number of rotatable bonds is 4. The van der Waals surface area contributed by atoms with Crippen LogP contribution in [0.15, 0.2) is 34.8 Å². The number of hydrogen-bond donors (Lipinski definition) is 1. The SMILES string of the molecule is CCNC(c1cccc(C)c1Br)c1c(C)cc(C)cc1F. The van der Waals surface area contributed by atoms with E-state index in [2.05, 4.69) is 34.2 Å². The first-order valence-corrected chi connectivity index (χ1v) is 8.00. The van der Waals surface area contributed by atoms with E-state index in [-0.39, 0.29) is 11.9 Å². The van der Waals surface area contributed by atoms with Gasteiger partial charge in [0.15, 0.2) is 0 Å². The second kappa shape index (κ2) is 6.71. The summed E-state index contributed by atoms with van der Waals surface area (Å²) in [6.45, 7) is 8.76. The Morgan fingerprint density at radius 2 is 1.86 bits per heavy atom. The molecular formula is C18H21BrFN. The van der Waals surface area contributed by atoms with E-state index in [1.54, 1.807) is 6.07 Å². The fraction of sp³-hybridized carbons (Fsp3) is 0.333. The van der Waals surface area contributed by atoms with E-state index < -0.39 is 0 Å². The summed E-state index contributed by atoms with van der Waals surface area (Å²) in [5.41, 5.74) is 4.89. The van der Waals surface area contributed by atoms with Crippen LogP contribution in [0.1, 0.15) is 40.8 Å². The summed E-state index contributed by atoms with van der Waals surface area (Å²) in [7, 11) is 0. The molecule has 1 atom stereocenters. The minimum atomic E-state index is -0.148. The van der Waals surface area contributed by atoms with Crippen molar-refractivity contribution < 1.29 is 4.39 Å².